The molecular formula is C19H18N4O2. The summed E-state index contributed by atoms with van der Waals surface area (Å²) in [5.41, 5.74) is 3.14. The molecule has 2 aromatic carbocycles. The Morgan fingerprint density at radius 3 is 2.56 bits per heavy atom. The number of allylic oxidation sites excluding steroid dienone is 1. The fourth-order valence-electron chi connectivity index (χ4n) is 2.99. The monoisotopic (exact) mass is 334 g/mol. The van der Waals surface area contributed by atoms with Crippen molar-refractivity contribution >= 4 is 11.6 Å². The molecule has 1 aliphatic heterocycles. The van der Waals surface area contributed by atoms with Gasteiger partial charge in [0.25, 0.3) is 0 Å². The Labute approximate surface area is 145 Å². The van der Waals surface area contributed by atoms with E-state index >= 15 is 0 Å². The maximum absolute atomic E-state index is 5.44. The van der Waals surface area contributed by atoms with Crippen molar-refractivity contribution in [3.8, 4) is 11.5 Å². The Bertz CT molecular complexity index is 918. The number of ether oxygens (including phenoxy) is 2. The zero-order valence-corrected chi connectivity index (χ0v) is 14.0. The summed E-state index contributed by atoms with van der Waals surface area (Å²) in [6, 6.07) is 16.0. The molecule has 0 radical (unpaired) electrons. The molecule has 0 saturated carbocycles. The largest absolute Gasteiger partial charge is 0.493 e. The van der Waals surface area contributed by atoms with Gasteiger partial charge in [-0.25, -0.2) is 4.68 Å². The Morgan fingerprint density at radius 1 is 1.00 bits per heavy atom. The van der Waals surface area contributed by atoms with E-state index in [0.29, 0.717) is 17.4 Å². The van der Waals surface area contributed by atoms with Gasteiger partial charge in [-0.3, -0.25) is 0 Å². The third-order valence-electron chi connectivity index (χ3n) is 4.24. The highest BCUT2D eigenvalue weighted by molar-refractivity contribution is 5.77. The van der Waals surface area contributed by atoms with Crippen molar-refractivity contribution in [1.29, 1.82) is 0 Å². The van der Waals surface area contributed by atoms with E-state index in [-0.39, 0.29) is 6.04 Å². The highest BCUT2D eigenvalue weighted by Gasteiger charge is 2.24. The van der Waals surface area contributed by atoms with Gasteiger partial charge in [-0.15, -0.1) is 0 Å². The minimum Gasteiger partial charge on any atom is -0.493 e. The van der Waals surface area contributed by atoms with E-state index in [1.165, 1.54) is 0 Å². The van der Waals surface area contributed by atoms with Gasteiger partial charge in [0.05, 0.1) is 14.2 Å². The first-order chi connectivity index (χ1) is 12.3. The Kier molecular flexibility index (Phi) is 3.85. The van der Waals surface area contributed by atoms with E-state index < -0.39 is 0 Å². The van der Waals surface area contributed by atoms with E-state index in [0.717, 1.165) is 16.8 Å². The van der Waals surface area contributed by atoms with Crippen LogP contribution in [-0.2, 0) is 0 Å². The molecule has 6 heteroatoms. The summed E-state index contributed by atoms with van der Waals surface area (Å²) in [7, 11) is 3.27. The Balaban J connectivity index is 1.81. The average Bonchev–Trinajstić information content (AvgIpc) is 3.16. The Hall–Kier alpha value is -3.28. The van der Waals surface area contributed by atoms with Crippen LogP contribution in [0.3, 0.4) is 0 Å². The number of anilines is 1. The van der Waals surface area contributed by atoms with Crippen LogP contribution in [0.2, 0.25) is 0 Å². The second-order valence-electron chi connectivity index (χ2n) is 5.66. The lowest BCUT2D eigenvalue weighted by molar-refractivity contribution is 0.354. The van der Waals surface area contributed by atoms with E-state index in [4.69, 9.17) is 9.47 Å². The molecule has 1 atom stereocenters. The van der Waals surface area contributed by atoms with Crippen LogP contribution in [0.15, 0.2) is 60.9 Å². The first-order valence-electron chi connectivity index (χ1n) is 7.96. The normalized spacial score (nSPS) is 15.8. The molecule has 6 nitrogen and oxygen atoms in total. The third kappa shape index (κ3) is 2.71. The maximum atomic E-state index is 5.44. The fourth-order valence-corrected chi connectivity index (χ4v) is 2.99. The van der Waals surface area contributed by atoms with Crippen LogP contribution in [0.25, 0.3) is 5.70 Å². The molecule has 3 aromatic rings. The summed E-state index contributed by atoms with van der Waals surface area (Å²) in [5, 5.41) is 7.71. The van der Waals surface area contributed by atoms with Crippen LogP contribution >= 0.6 is 0 Å². The average molecular weight is 334 g/mol. The van der Waals surface area contributed by atoms with Crippen LogP contribution < -0.4 is 14.8 Å². The predicted molar refractivity (Wildman–Crippen MR) is 95.7 cm³/mol. The number of hydrogen-bond donors (Lipinski definition) is 1. The van der Waals surface area contributed by atoms with Crippen LogP contribution in [0.4, 0.5) is 5.95 Å². The molecule has 0 saturated heterocycles. The molecule has 4 rings (SSSR count). The van der Waals surface area contributed by atoms with Gasteiger partial charge >= 0.3 is 0 Å². The lowest BCUT2D eigenvalue weighted by Crippen LogP contribution is -2.20. The quantitative estimate of drug-likeness (QED) is 0.793. The van der Waals surface area contributed by atoms with Crippen molar-refractivity contribution in [3.05, 3.63) is 72.1 Å². The van der Waals surface area contributed by atoms with Crippen LogP contribution in [-0.4, -0.2) is 29.0 Å². The van der Waals surface area contributed by atoms with Gasteiger partial charge in [-0.2, -0.15) is 10.1 Å². The topological polar surface area (TPSA) is 61.2 Å². The van der Waals surface area contributed by atoms with Crippen molar-refractivity contribution in [2.75, 3.05) is 19.5 Å². The SMILES string of the molecule is COc1ccc([C@@H]2C=C(c3ccccc3)Nc3ncnn32)cc1OC. The summed E-state index contributed by atoms with van der Waals surface area (Å²) in [5.74, 6) is 2.10. The summed E-state index contributed by atoms with van der Waals surface area (Å²) < 4.78 is 12.6. The minimum absolute atomic E-state index is 0.0891. The molecular weight excluding hydrogens is 316 g/mol. The maximum Gasteiger partial charge on any atom is 0.226 e. The number of hydrogen-bond acceptors (Lipinski definition) is 5. The van der Waals surface area contributed by atoms with E-state index in [1.54, 1.807) is 20.5 Å². The number of fused-ring (bicyclic) bond motifs is 1. The lowest BCUT2D eigenvalue weighted by atomic mass is 10.0. The summed E-state index contributed by atoms with van der Waals surface area (Å²) in [6.45, 7) is 0. The van der Waals surface area contributed by atoms with Crippen LogP contribution in [0.5, 0.6) is 11.5 Å². The Morgan fingerprint density at radius 2 is 1.80 bits per heavy atom. The number of benzene rings is 2. The molecule has 25 heavy (non-hydrogen) atoms. The third-order valence-corrected chi connectivity index (χ3v) is 4.24. The van der Waals surface area contributed by atoms with E-state index in [1.807, 2.05) is 41.1 Å². The van der Waals surface area contributed by atoms with Gasteiger partial charge in [-0.1, -0.05) is 36.4 Å². The zero-order valence-electron chi connectivity index (χ0n) is 14.0. The molecule has 0 bridgehead atoms. The van der Waals surface area contributed by atoms with E-state index in [2.05, 4.69) is 33.6 Å². The number of aromatic nitrogens is 3. The van der Waals surface area contributed by atoms with Crippen molar-refractivity contribution in [2.45, 2.75) is 6.04 Å². The molecule has 0 amide bonds. The zero-order chi connectivity index (χ0) is 17.2. The second kappa shape index (κ2) is 6.32. The number of methoxy groups -OCH3 is 2. The van der Waals surface area contributed by atoms with E-state index in [9.17, 15) is 0 Å². The molecule has 0 fully saturated rings. The van der Waals surface area contributed by atoms with Crippen molar-refractivity contribution in [2.24, 2.45) is 0 Å². The van der Waals surface area contributed by atoms with Gasteiger partial charge in [-0.05, 0) is 29.3 Å². The highest BCUT2D eigenvalue weighted by Crippen LogP contribution is 2.36. The van der Waals surface area contributed by atoms with Crippen LogP contribution in [0, 0.1) is 0 Å². The molecule has 1 aliphatic rings. The standard InChI is InChI=1S/C19H18N4O2/c1-24-17-9-8-14(10-18(17)25-2)16-11-15(13-6-4-3-5-7-13)22-19-20-12-21-23(16)19/h3-12,16H,1-2H3,(H,20,21,22)/t16-/m0/s1. The van der Waals surface area contributed by atoms with Gasteiger partial charge in [0.2, 0.25) is 5.95 Å². The molecule has 1 N–H and O–H groups in total. The predicted octanol–water partition coefficient (Wildman–Crippen LogP) is 3.35. The first kappa shape index (κ1) is 15.3. The molecule has 1 aromatic heterocycles. The molecule has 0 aliphatic carbocycles. The van der Waals surface area contributed by atoms with Crippen molar-refractivity contribution in [1.82, 2.24) is 14.8 Å². The van der Waals surface area contributed by atoms with Crippen molar-refractivity contribution < 1.29 is 9.47 Å². The molecule has 0 unspecified atom stereocenters. The van der Waals surface area contributed by atoms with Gasteiger partial charge < -0.3 is 14.8 Å². The fraction of sp³-hybridized carbons (Fsp3) is 0.158. The summed E-state index contributed by atoms with van der Waals surface area (Å²) in [4.78, 5) is 4.33. The summed E-state index contributed by atoms with van der Waals surface area (Å²) >= 11 is 0. The highest BCUT2D eigenvalue weighted by atomic mass is 16.5. The second-order valence-corrected chi connectivity index (χ2v) is 5.66. The number of rotatable bonds is 4. The summed E-state index contributed by atoms with van der Waals surface area (Å²) in [6.07, 6.45) is 3.69. The first-order valence-corrected chi connectivity index (χ1v) is 7.96. The van der Waals surface area contributed by atoms with Gasteiger partial charge in [0.1, 0.15) is 12.4 Å². The van der Waals surface area contributed by atoms with Gasteiger partial charge in [0, 0.05) is 5.70 Å². The molecule has 126 valence electrons. The minimum atomic E-state index is -0.0891. The van der Waals surface area contributed by atoms with Crippen LogP contribution in [0.1, 0.15) is 17.2 Å². The molecule has 2 heterocycles. The van der Waals surface area contributed by atoms with Crippen molar-refractivity contribution in [3.63, 3.8) is 0 Å². The lowest BCUT2D eigenvalue weighted by Gasteiger charge is -2.25. The number of nitrogens with one attached hydrogen (secondary N) is 1. The smallest absolute Gasteiger partial charge is 0.226 e. The van der Waals surface area contributed by atoms with Gasteiger partial charge in [0.15, 0.2) is 11.5 Å². The number of nitrogens with zero attached hydrogens (tertiary/aromatic N) is 3. The molecule has 0 spiro atoms.